The first-order valence-corrected chi connectivity index (χ1v) is 7.83. The normalized spacial score (nSPS) is 13.7. The molecule has 0 saturated carbocycles. The maximum Gasteiger partial charge on any atom is 0.269 e. The minimum Gasteiger partial charge on any atom is -0.490 e. The third-order valence-electron chi connectivity index (χ3n) is 3.77. The summed E-state index contributed by atoms with van der Waals surface area (Å²) in [6.45, 7) is 2.99. The van der Waals surface area contributed by atoms with Crippen LogP contribution in [0.3, 0.4) is 0 Å². The van der Waals surface area contributed by atoms with Crippen molar-refractivity contribution in [1.82, 2.24) is 4.98 Å². The Morgan fingerprint density at radius 2 is 2.17 bits per heavy atom. The smallest absolute Gasteiger partial charge is 0.269 e. The van der Waals surface area contributed by atoms with Gasteiger partial charge in [-0.05, 0) is 30.7 Å². The van der Waals surface area contributed by atoms with Crippen LogP contribution in [0.2, 0.25) is 0 Å². The van der Waals surface area contributed by atoms with Crippen LogP contribution in [0.25, 0.3) is 0 Å². The number of pyridine rings is 1. The van der Waals surface area contributed by atoms with Gasteiger partial charge >= 0.3 is 0 Å². The number of ether oxygens (including phenoxy) is 2. The molecule has 1 aromatic heterocycles. The minimum absolute atomic E-state index is 0.0526. The van der Waals surface area contributed by atoms with E-state index in [9.17, 15) is 8.78 Å². The predicted molar refractivity (Wildman–Crippen MR) is 87.1 cm³/mol. The Bertz CT molecular complexity index is 740. The summed E-state index contributed by atoms with van der Waals surface area (Å²) in [5, 5.41) is 0. The maximum atomic E-state index is 13.2. The van der Waals surface area contributed by atoms with Crippen molar-refractivity contribution in [2.45, 2.75) is 13.3 Å². The van der Waals surface area contributed by atoms with Crippen molar-refractivity contribution in [2.75, 3.05) is 25.2 Å². The van der Waals surface area contributed by atoms with E-state index in [1.807, 2.05) is 24.0 Å². The molecule has 0 spiro atoms. The van der Waals surface area contributed by atoms with Crippen molar-refractivity contribution in [3.8, 4) is 11.6 Å². The van der Waals surface area contributed by atoms with Gasteiger partial charge < -0.3 is 14.4 Å². The molecule has 0 bridgehead atoms. The van der Waals surface area contributed by atoms with Gasteiger partial charge in [-0.25, -0.2) is 13.8 Å². The highest BCUT2D eigenvalue weighted by molar-refractivity contribution is 9.10. The molecule has 2 heterocycles. The number of rotatable bonds is 3. The Kier molecular flexibility index (Phi) is 4.39. The summed E-state index contributed by atoms with van der Waals surface area (Å²) in [7, 11) is 1.33. The summed E-state index contributed by atoms with van der Waals surface area (Å²) in [4.78, 5) is 5.96. The second-order valence-corrected chi connectivity index (χ2v) is 5.97. The van der Waals surface area contributed by atoms with E-state index < -0.39 is 6.43 Å². The van der Waals surface area contributed by atoms with Crippen LogP contribution in [0.1, 0.15) is 17.6 Å². The van der Waals surface area contributed by atoms with Crippen molar-refractivity contribution < 1.29 is 18.3 Å². The molecule has 0 radical (unpaired) electrons. The zero-order chi connectivity index (χ0) is 16.6. The first-order valence-electron chi connectivity index (χ1n) is 7.04. The lowest BCUT2D eigenvalue weighted by Gasteiger charge is -2.33. The molecule has 0 fully saturated rings. The van der Waals surface area contributed by atoms with Gasteiger partial charge in [0.05, 0.1) is 36.8 Å². The first kappa shape index (κ1) is 16.0. The molecule has 2 aromatic rings. The molecule has 4 nitrogen and oxygen atoms in total. The average Bonchev–Trinajstić information content (AvgIpc) is 2.57. The van der Waals surface area contributed by atoms with Crippen LogP contribution >= 0.6 is 15.9 Å². The number of anilines is 2. The molecule has 3 rings (SSSR count). The molecule has 0 aliphatic carbocycles. The molecule has 7 heteroatoms. The molecule has 1 aliphatic rings. The molecule has 0 unspecified atom stereocenters. The van der Waals surface area contributed by atoms with E-state index in [1.54, 1.807) is 6.20 Å². The van der Waals surface area contributed by atoms with Crippen LogP contribution in [-0.4, -0.2) is 25.2 Å². The predicted octanol–water partition coefficient (Wildman–Crippen LogP) is 4.63. The highest BCUT2D eigenvalue weighted by Crippen LogP contribution is 2.43. The van der Waals surface area contributed by atoms with Crippen molar-refractivity contribution in [1.29, 1.82) is 0 Å². The van der Waals surface area contributed by atoms with Gasteiger partial charge in [-0.3, -0.25) is 0 Å². The van der Waals surface area contributed by atoms with E-state index in [0.717, 1.165) is 21.5 Å². The number of nitrogens with zero attached hydrogens (tertiary/aromatic N) is 2. The number of aromatic nitrogens is 1. The quantitative estimate of drug-likeness (QED) is 0.772. The van der Waals surface area contributed by atoms with Crippen molar-refractivity contribution in [3.63, 3.8) is 0 Å². The molecule has 122 valence electrons. The van der Waals surface area contributed by atoms with Crippen LogP contribution in [0.4, 0.5) is 20.2 Å². The Morgan fingerprint density at radius 1 is 1.39 bits per heavy atom. The number of alkyl halides is 2. The molecule has 0 amide bonds. The Balaban J connectivity index is 2.11. The second-order valence-electron chi connectivity index (χ2n) is 5.11. The van der Waals surface area contributed by atoms with Crippen LogP contribution in [0.15, 0.2) is 28.9 Å². The summed E-state index contributed by atoms with van der Waals surface area (Å²) < 4.78 is 38.0. The van der Waals surface area contributed by atoms with E-state index in [2.05, 4.69) is 20.9 Å². The van der Waals surface area contributed by atoms with Gasteiger partial charge in [-0.15, -0.1) is 0 Å². The minimum atomic E-state index is -2.65. The third kappa shape index (κ3) is 2.85. The first-order chi connectivity index (χ1) is 11.0. The summed E-state index contributed by atoms with van der Waals surface area (Å²) in [6, 6.07) is 5.20. The Morgan fingerprint density at radius 3 is 2.87 bits per heavy atom. The molecule has 1 aliphatic heterocycles. The van der Waals surface area contributed by atoms with Gasteiger partial charge in [-0.2, -0.15) is 0 Å². The second kappa shape index (κ2) is 6.31. The fraction of sp³-hybridized carbons (Fsp3) is 0.312. The van der Waals surface area contributed by atoms with Crippen LogP contribution in [-0.2, 0) is 0 Å². The van der Waals surface area contributed by atoms with Crippen LogP contribution in [0, 0.1) is 6.92 Å². The fourth-order valence-electron chi connectivity index (χ4n) is 2.65. The number of hydrogen-bond acceptors (Lipinski definition) is 4. The SMILES string of the molecule is COc1ncc(N2CCOc3ccc(Br)c(C)c32)cc1C(F)F. The van der Waals surface area contributed by atoms with Gasteiger partial charge in [0.25, 0.3) is 6.43 Å². The van der Waals surface area contributed by atoms with Gasteiger partial charge in [0, 0.05) is 4.47 Å². The van der Waals surface area contributed by atoms with E-state index in [-0.39, 0.29) is 11.4 Å². The molecule has 0 N–H and O–H groups in total. The Hall–Kier alpha value is -1.89. The summed E-state index contributed by atoms with van der Waals surface area (Å²) >= 11 is 3.50. The lowest BCUT2D eigenvalue weighted by molar-refractivity contribution is 0.146. The molecular formula is C16H15BrF2N2O2. The van der Waals surface area contributed by atoms with E-state index in [4.69, 9.17) is 9.47 Å². The van der Waals surface area contributed by atoms with Gasteiger partial charge in [0.2, 0.25) is 5.88 Å². The van der Waals surface area contributed by atoms with E-state index in [0.29, 0.717) is 18.8 Å². The number of fused-ring (bicyclic) bond motifs is 1. The van der Waals surface area contributed by atoms with Crippen molar-refractivity contribution in [3.05, 3.63) is 40.0 Å². The van der Waals surface area contributed by atoms with Crippen LogP contribution in [0.5, 0.6) is 11.6 Å². The third-order valence-corrected chi connectivity index (χ3v) is 4.63. The number of hydrogen-bond donors (Lipinski definition) is 0. The van der Waals surface area contributed by atoms with E-state index in [1.165, 1.54) is 13.2 Å². The zero-order valence-electron chi connectivity index (χ0n) is 12.6. The Labute approximate surface area is 141 Å². The lowest BCUT2D eigenvalue weighted by atomic mass is 10.1. The van der Waals surface area contributed by atoms with Gasteiger partial charge in [0.15, 0.2) is 0 Å². The molecule has 23 heavy (non-hydrogen) atoms. The number of methoxy groups -OCH3 is 1. The van der Waals surface area contributed by atoms with Gasteiger partial charge in [0.1, 0.15) is 12.4 Å². The van der Waals surface area contributed by atoms with E-state index >= 15 is 0 Å². The standard InChI is InChI=1S/C16H15BrF2N2O2/c1-9-12(17)3-4-13-14(9)21(5-6-23-13)10-7-11(15(18)19)16(22-2)20-8-10/h3-4,7-8,15H,5-6H2,1-2H3. The lowest BCUT2D eigenvalue weighted by Crippen LogP contribution is -2.29. The molecule has 1 aromatic carbocycles. The monoisotopic (exact) mass is 384 g/mol. The highest BCUT2D eigenvalue weighted by atomic mass is 79.9. The van der Waals surface area contributed by atoms with Crippen molar-refractivity contribution >= 4 is 27.3 Å². The maximum absolute atomic E-state index is 13.2. The largest absolute Gasteiger partial charge is 0.490 e. The molecule has 0 saturated heterocycles. The zero-order valence-corrected chi connectivity index (χ0v) is 14.2. The molecule has 0 atom stereocenters. The van der Waals surface area contributed by atoms with Crippen molar-refractivity contribution in [2.24, 2.45) is 0 Å². The number of benzene rings is 1. The average molecular weight is 385 g/mol. The summed E-state index contributed by atoms with van der Waals surface area (Å²) in [5.41, 5.74) is 2.21. The highest BCUT2D eigenvalue weighted by Gasteiger charge is 2.25. The molecular weight excluding hydrogens is 370 g/mol. The van der Waals surface area contributed by atoms with Crippen LogP contribution < -0.4 is 14.4 Å². The fourth-order valence-corrected chi connectivity index (χ4v) is 2.97. The summed E-state index contributed by atoms with van der Waals surface area (Å²) in [5.74, 6) is 0.676. The topological polar surface area (TPSA) is 34.6 Å². The van der Waals surface area contributed by atoms with Gasteiger partial charge in [-0.1, -0.05) is 15.9 Å². The summed E-state index contributed by atoms with van der Waals surface area (Å²) in [6.07, 6.45) is -1.11. The number of halogens is 3.